The number of nitrogens with zero attached hydrogens (tertiary/aromatic N) is 3. The van der Waals surface area contributed by atoms with Crippen LogP contribution in [0.2, 0.25) is 0 Å². The Hall–Kier alpha value is -3.72. The first-order valence-corrected chi connectivity index (χ1v) is 12.0. The van der Waals surface area contributed by atoms with Gasteiger partial charge in [0.15, 0.2) is 0 Å². The van der Waals surface area contributed by atoms with Gasteiger partial charge in [0.2, 0.25) is 11.8 Å². The van der Waals surface area contributed by atoms with Gasteiger partial charge in [-0.1, -0.05) is 12.1 Å². The molecule has 3 amide bonds. The summed E-state index contributed by atoms with van der Waals surface area (Å²) in [6.07, 6.45) is 2.42. The normalized spacial score (nSPS) is 21.1. The number of amides is 3. The van der Waals surface area contributed by atoms with Crippen LogP contribution in [0, 0.1) is 5.82 Å². The van der Waals surface area contributed by atoms with Gasteiger partial charge in [-0.2, -0.15) is 0 Å². The summed E-state index contributed by atoms with van der Waals surface area (Å²) in [6.45, 7) is 4.15. The van der Waals surface area contributed by atoms with Crippen molar-refractivity contribution >= 4 is 34.3 Å². The van der Waals surface area contributed by atoms with Crippen LogP contribution in [0.4, 0.5) is 10.1 Å². The highest BCUT2D eigenvalue weighted by Gasteiger charge is 2.41. The zero-order valence-corrected chi connectivity index (χ0v) is 19.2. The minimum Gasteiger partial charge on any atom is -0.369 e. The number of aromatic nitrogens is 1. The van der Waals surface area contributed by atoms with Gasteiger partial charge in [0.25, 0.3) is 5.91 Å². The van der Waals surface area contributed by atoms with Crippen molar-refractivity contribution in [1.29, 1.82) is 0 Å². The van der Waals surface area contributed by atoms with Crippen molar-refractivity contribution in [1.82, 2.24) is 20.1 Å². The molecule has 3 aromatic rings. The SMILES string of the molecule is O=C1CCC(N2Cc3c(cc(F)cc3N3CCN(Cc4ccc5cc[nH]c5c4)CC3)C2=O)C(=O)N1. The van der Waals surface area contributed by atoms with E-state index in [1.807, 2.05) is 6.20 Å². The number of carbonyl (C=O) groups is 3. The first-order valence-electron chi connectivity index (χ1n) is 12.0. The van der Waals surface area contributed by atoms with Gasteiger partial charge >= 0.3 is 0 Å². The fourth-order valence-electron chi connectivity index (χ4n) is 5.49. The van der Waals surface area contributed by atoms with E-state index in [0.29, 0.717) is 18.7 Å². The van der Waals surface area contributed by atoms with Gasteiger partial charge in [0.05, 0.1) is 0 Å². The first-order chi connectivity index (χ1) is 17.0. The number of aromatic amines is 1. The molecule has 0 saturated carbocycles. The van der Waals surface area contributed by atoms with E-state index in [1.165, 1.54) is 28.0 Å². The number of hydrogen-bond acceptors (Lipinski definition) is 5. The minimum atomic E-state index is -0.711. The second kappa shape index (κ2) is 8.49. The summed E-state index contributed by atoms with van der Waals surface area (Å²) in [5.41, 5.74) is 4.15. The predicted molar refractivity (Wildman–Crippen MR) is 128 cm³/mol. The summed E-state index contributed by atoms with van der Waals surface area (Å²) in [5.74, 6) is -1.60. The Labute approximate surface area is 201 Å². The Morgan fingerprint density at radius 3 is 2.63 bits per heavy atom. The standard InChI is InChI=1S/C26H26FN5O3/c27-18-12-19-20(15-32(26(19)35)22-3-4-24(33)29-25(22)34)23(13-18)31-9-7-30(8-10-31)14-16-1-2-17-5-6-28-21(17)11-16/h1-2,5-6,11-13,22,28H,3-4,7-10,14-15H2,(H,29,33,34). The van der Waals surface area contributed by atoms with Crippen molar-refractivity contribution in [3.8, 4) is 0 Å². The molecule has 2 N–H and O–H groups in total. The number of fused-ring (bicyclic) bond motifs is 2. The molecule has 0 spiro atoms. The van der Waals surface area contributed by atoms with Gasteiger partial charge in [0, 0.05) is 74.2 Å². The number of H-pyrrole nitrogens is 1. The number of piperidine rings is 1. The molecule has 2 fully saturated rings. The summed E-state index contributed by atoms with van der Waals surface area (Å²) in [7, 11) is 0. The van der Waals surface area contributed by atoms with Crippen LogP contribution < -0.4 is 10.2 Å². The van der Waals surface area contributed by atoms with Gasteiger partial charge in [-0.3, -0.25) is 24.6 Å². The van der Waals surface area contributed by atoms with Crippen LogP contribution in [0.1, 0.15) is 34.3 Å². The highest BCUT2D eigenvalue weighted by molar-refractivity contribution is 6.06. The van der Waals surface area contributed by atoms with Crippen LogP contribution in [0.15, 0.2) is 42.6 Å². The van der Waals surface area contributed by atoms with E-state index in [0.717, 1.165) is 36.4 Å². The average molecular weight is 476 g/mol. The Bertz CT molecular complexity index is 1340. The lowest BCUT2D eigenvalue weighted by molar-refractivity contribution is -0.136. The number of rotatable bonds is 4. The van der Waals surface area contributed by atoms with Crippen molar-refractivity contribution in [3.05, 3.63) is 65.1 Å². The number of carbonyl (C=O) groups excluding carboxylic acids is 3. The molecule has 3 aliphatic rings. The molecule has 180 valence electrons. The zero-order valence-electron chi connectivity index (χ0n) is 19.2. The fourth-order valence-corrected chi connectivity index (χ4v) is 5.49. The van der Waals surface area contributed by atoms with Crippen molar-refractivity contribution in [2.45, 2.75) is 32.0 Å². The summed E-state index contributed by atoms with van der Waals surface area (Å²) in [4.78, 5) is 46.2. The quantitative estimate of drug-likeness (QED) is 0.566. The third-order valence-electron chi connectivity index (χ3n) is 7.34. The second-order valence-corrected chi connectivity index (χ2v) is 9.51. The number of halogens is 1. The molecule has 1 unspecified atom stereocenters. The maximum absolute atomic E-state index is 14.6. The van der Waals surface area contributed by atoms with Crippen LogP contribution in [-0.2, 0) is 22.7 Å². The molecule has 1 aromatic heterocycles. The molecule has 3 aliphatic heterocycles. The number of imide groups is 1. The van der Waals surface area contributed by atoms with Crippen molar-refractivity contribution in [3.63, 3.8) is 0 Å². The molecular weight excluding hydrogens is 449 g/mol. The first kappa shape index (κ1) is 21.8. The maximum Gasteiger partial charge on any atom is 0.255 e. The molecule has 1 atom stereocenters. The highest BCUT2D eigenvalue weighted by atomic mass is 19.1. The third kappa shape index (κ3) is 3.95. The van der Waals surface area contributed by atoms with Crippen molar-refractivity contribution < 1.29 is 18.8 Å². The van der Waals surface area contributed by atoms with Gasteiger partial charge in [0.1, 0.15) is 11.9 Å². The third-order valence-corrected chi connectivity index (χ3v) is 7.34. The van der Waals surface area contributed by atoms with Crippen LogP contribution in [0.5, 0.6) is 0 Å². The van der Waals surface area contributed by atoms with Crippen molar-refractivity contribution in [2.75, 3.05) is 31.1 Å². The maximum atomic E-state index is 14.6. The van der Waals surface area contributed by atoms with E-state index in [-0.39, 0.29) is 31.2 Å². The van der Waals surface area contributed by atoms with Crippen molar-refractivity contribution in [2.24, 2.45) is 0 Å². The predicted octanol–water partition coefficient (Wildman–Crippen LogP) is 2.39. The number of anilines is 1. The lowest BCUT2D eigenvalue weighted by atomic mass is 10.0. The summed E-state index contributed by atoms with van der Waals surface area (Å²) >= 11 is 0. The van der Waals surface area contributed by atoms with Gasteiger partial charge in [-0.25, -0.2) is 4.39 Å². The Morgan fingerprint density at radius 2 is 1.83 bits per heavy atom. The molecule has 2 aromatic carbocycles. The zero-order chi connectivity index (χ0) is 24.1. The summed E-state index contributed by atoms with van der Waals surface area (Å²) < 4.78 is 14.6. The molecule has 0 bridgehead atoms. The fraction of sp³-hybridized carbons (Fsp3) is 0.346. The Morgan fingerprint density at radius 1 is 1.00 bits per heavy atom. The van der Waals surface area contributed by atoms with Gasteiger partial charge in [-0.15, -0.1) is 0 Å². The number of nitrogens with one attached hydrogen (secondary N) is 2. The van der Waals surface area contributed by atoms with E-state index in [4.69, 9.17) is 0 Å². The molecule has 0 aliphatic carbocycles. The van der Waals surface area contributed by atoms with Crippen LogP contribution >= 0.6 is 0 Å². The average Bonchev–Trinajstić information content (AvgIpc) is 3.44. The molecule has 6 rings (SSSR count). The van der Waals surface area contributed by atoms with Crippen LogP contribution in [0.25, 0.3) is 10.9 Å². The summed E-state index contributed by atoms with van der Waals surface area (Å²) in [6, 6.07) is 10.6. The van der Waals surface area contributed by atoms with Gasteiger partial charge in [-0.05, 0) is 41.6 Å². The van der Waals surface area contributed by atoms with Crippen LogP contribution in [-0.4, -0.2) is 64.7 Å². The molecule has 9 heteroatoms. The monoisotopic (exact) mass is 475 g/mol. The molecule has 8 nitrogen and oxygen atoms in total. The minimum absolute atomic E-state index is 0.191. The lowest BCUT2D eigenvalue weighted by Gasteiger charge is -2.37. The number of piperazine rings is 1. The van der Waals surface area contributed by atoms with Crippen LogP contribution in [0.3, 0.4) is 0 Å². The molecule has 0 radical (unpaired) electrons. The molecular formula is C26H26FN5O3. The van der Waals surface area contributed by atoms with E-state index in [9.17, 15) is 18.8 Å². The van der Waals surface area contributed by atoms with E-state index in [2.05, 4.69) is 44.4 Å². The molecule has 35 heavy (non-hydrogen) atoms. The number of benzene rings is 2. The van der Waals surface area contributed by atoms with E-state index < -0.39 is 17.8 Å². The highest BCUT2D eigenvalue weighted by Crippen LogP contribution is 2.35. The van der Waals surface area contributed by atoms with E-state index in [1.54, 1.807) is 0 Å². The lowest BCUT2D eigenvalue weighted by Crippen LogP contribution is -2.52. The largest absolute Gasteiger partial charge is 0.369 e. The topological polar surface area (TPSA) is 88.8 Å². The summed E-state index contributed by atoms with van der Waals surface area (Å²) in [5, 5.41) is 3.51. The Kier molecular flexibility index (Phi) is 5.29. The smallest absolute Gasteiger partial charge is 0.255 e. The molecule has 2 saturated heterocycles. The second-order valence-electron chi connectivity index (χ2n) is 9.51. The Balaban J connectivity index is 1.17. The van der Waals surface area contributed by atoms with Gasteiger partial charge < -0.3 is 14.8 Å². The molecule has 4 heterocycles. The number of hydrogen-bond donors (Lipinski definition) is 2. The van der Waals surface area contributed by atoms with E-state index >= 15 is 0 Å².